The van der Waals surface area contributed by atoms with Crippen molar-refractivity contribution in [1.29, 1.82) is 0 Å². The average molecular weight is 844 g/mol. The topological polar surface area (TPSA) is 443 Å². The van der Waals surface area contributed by atoms with Gasteiger partial charge in [0.05, 0.1) is 62.5 Å². The van der Waals surface area contributed by atoms with Crippen LogP contribution >= 0.6 is 0 Å². The molecule has 300 valence electrons. The van der Waals surface area contributed by atoms with E-state index in [2.05, 4.69) is 0 Å². The Morgan fingerprint density at radius 1 is 0.618 bits per heavy atom. The van der Waals surface area contributed by atoms with Crippen LogP contribution in [0.3, 0.4) is 0 Å². The van der Waals surface area contributed by atoms with Gasteiger partial charge in [-0.1, -0.05) is 0 Å². The van der Waals surface area contributed by atoms with Crippen LogP contribution in [0.2, 0.25) is 0 Å². The smallest absolute Gasteiger partial charge is 0.549 e. The summed E-state index contributed by atoms with van der Waals surface area (Å²) in [5.41, 5.74) is 3.94. The number of carboxylic acids is 4. The van der Waals surface area contributed by atoms with Crippen LogP contribution in [-0.4, -0.2) is 229 Å². The summed E-state index contributed by atoms with van der Waals surface area (Å²) in [7, 11) is 0. The summed E-state index contributed by atoms with van der Waals surface area (Å²) in [5, 5.41) is 143. The zero-order valence-corrected chi connectivity index (χ0v) is 39.0. The molecule has 0 radical (unpaired) electrons. The molecular formula is C26H45N3Na4O22. The Morgan fingerprint density at radius 3 is 1.24 bits per heavy atom. The van der Waals surface area contributed by atoms with E-state index in [1.54, 1.807) is 0 Å². The number of nitrogens with two attached hydrogens (primary N) is 1. The third-order valence-corrected chi connectivity index (χ3v) is 7.16. The molecule has 13 N–H and O–H groups in total. The maximum atomic E-state index is 10.4. The van der Waals surface area contributed by atoms with E-state index in [0.29, 0.717) is 0 Å². The van der Waals surface area contributed by atoms with Crippen LogP contribution < -0.4 is 144 Å². The Kier molecular flexibility index (Phi) is 39.1. The van der Waals surface area contributed by atoms with Crippen molar-refractivity contribution in [3.63, 3.8) is 0 Å². The van der Waals surface area contributed by atoms with E-state index in [1.165, 1.54) is 0 Å². The van der Waals surface area contributed by atoms with Crippen molar-refractivity contribution in [3.05, 3.63) is 0 Å². The molecule has 0 amide bonds. The molecule has 2 saturated heterocycles. The van der Waals surface area contributed by atoms with Crippen molar-refractivity contribution in [3.8, 4) is 0 Å². The second-order valence-corrected chi connectivity index (χ2v) is 11.3. The molecule has 0 aromatic heterocycles. The third kappa shape index (κ3) is 23.1. The maximum absolute atomic E-state index is 10.4. The number of aliphatic hydroxyl groups is 11. The minimum absolute atomic E-state index is 0. The number of aliphatic carboxylic acids is 4. The Labute approximate surface area is 402 Å². The number of ether oxygens (including phenoxy) is 3. The van der Waals surface area contributed by atoms with Gasteiger partial charge in [-0.3, -0.25) is 9.80 Å². The first kappa shape index (κ1) is 65.3. The van der Waals surface area contributed by atoms with Gasteiger partial charge >= 0.3 is 118 Å². The van der Waals surface area contributed by atoms with Crippen molar-refractivity contribution >= 4 is 23.9 Å². The maximum Gasteiger partial charge on any atom is 1.00 e. The molecule has 0 aliphatic carbocycles. The molecule has 0 bridgehead atoms. The van der Waals surface area contributed by atoms with E-state index in [9.17, 15) is 70.2 Å². The molecule has 0 unspecified atom stereocenters. The van der Waals surface area contributed by atoms with Gasteiger partial charge in [-0.05, 0) is 0 Å². The Hall–Kier alpha value is 1.20. The fourth-order valence-corrected chi connectivity index (χ4v) is 4.22. The van der Waals surface area contributed by atoms with Crippen LogP contribution in [0, 0.1) is 0 Å². The molecule has 2 aliphatic rings. The number of carbonyl (C=O) groups excluding carboxylic acids is 4. The number of carbonyl (C=O) groups is 4. The second-order valence-electron chi connectivity index (χ2n) is 11.3. The minimum Gasteiger partial charge on any atom is -0.549 e. The molecule has 0 aromatic rings. The standard InChI is InChI=1S/C12H22O11.C10H16N2O8.C4H11NO3.4Na/c13-1-4-6(16)8(18)9(19)11(21-4)23-12(3-15)10(20)7(17)5(2-14)22-12;13-7(14)3-11(4-8(15)16)1-2-12(5-9(17)18)6-10(19)20;5-4(1-6,2-7)3-8;;;;/h4-11,13-20H,1-3H2;1-6H2,(H,13,14)(H,15,16)(H,17,18)(H,19,20);6-8H,1-3,5H2;;;;/q;;;4*+1/p-4/t4-,5-,6-,7-,8+,9-,10+,11-,12+;;;;;;/m1....../s1. The van der Waals surface area contributed by atoms with Gasteiger partial charge in [0.2, 0.25) is 5.79 Å². The third-order valence-electron chi connectivity index (χ3n) is 7.16. The van der Waals surface area contributed by atoms with Gasteiger partial charge < -0.3 is 116 Å². The molecule has 55 heavy (non-hydrogen) atoms. The number of hydrogen-bond acceptors (Lipinski definition) is 25. The minimum atomic E-state index is -2.22. The number of hydrogen-bond donors (Lipinski definition) is 12. The summed E-state index contributed by atoms with van der Waals surface area (Å²) in [6.45, 7) is -6.78. The fraction of sp³-hybridized carbons (Fsp3) is 0.846. The van der Waals surface area contributed by atoms with Gasteiger partial charge in [0.1, 0.15) is 49.3 Å². The van der Waals surface area contributed by atoms with Gasteiger partial charge in [-0.2, -0.15) is 0 Å². The second kappa shape index (κ2) is 32.9. The average Bonchev–Trinajstić information content (AvgIpc) is 3.31. The molecule has 25 nitrogen and oxygen atoms in total. The molecule has 0 saturated carbocycles. The van der Waals surface area contributed by atoms with Crippen molar-refractivity contribution in [1.82, 2.24) is 9.80 Å². The SMILES string of the molecule is NC(CO)(CO)CO.O=C([O-])CN(CCN(CC(=O)[O-])CC(=O)[O-])CC(=O)[O-].OC[C@H]1O[C@@](CO)(O[C@H]2O[C@H](CO)[C@@H](O)[C@H](O)[C@H]2O)[C@@H](O)[C@@H]1O.[Na+].[Na+].[Na+].[Na+]. The molecule has 2 fully saturated rings. The zero-order valence-electron chi connectivity index (χ0n) is 31.0. The molecule has 9 atom stereocenters. The molecule has 29 heteroatoms. The van der Waals surface area contributed by atoms with E-state index in [4.69, 9.17) is 45.5 Å². The first-order valence-corrected chi connectivity index (χ1v) is 14.8. The van der Waals surface area contributed by atoms with Crippen LogP contribution in [0.25, 0.3) is 0 Å². The summed E-state index contributed by atoms with van der Waals surface area (Å²) in [6, 6.07) is 0. The van der Waals surface area contributed by atoms with E-state index in [1.807, 2.05) is 0 Å². The Balaban J connectivity index is -0.000000240. The van der Waals surface area contributed by atoms with Gasteiger partial charge in [-0.15, -0.1) is 0 Å². The van der Waals surface area contributed by atoms with Crippen molar-refractivity contribution in [2.24, 2.45) is 5.73 Å². The predicted octanol–water partition coefficient (Wildman–Crippen LogP) is -27.1. The van der Waals surface area contributed by atoms with Crippen LogP contribution in [0.4, 0.5) is 0 Å². The molecule has 2 rings (SSSR count). The van der Waals surface area contributed by atoms with Crippen molar-refractivity contribution < 1.29 is 228 Å². The summed E-state index contributed by atoms with van der Waals surface area (Å²) in [6.07, 6.45) is -12.7. The summed E-state index contributed by atoms with van der Waals surface area (Å²) < 4.78 is 15.4. The molecular weight excluding hydrogens is 798 g/mol. The Bertz CT molecular complexity index is 1010. The number of nitrogens with zero attached hydrogens (tertiary/aromatic N) is 2. The van der Waals surface area contributed by atoms with Gasteiger partial charge in [0, 0.05) is 39.3 Å². The monoisotopic (exact) mass is 843 g/mol. The summed E-state index contributed by atoms with van der Waals surface area (Å²) in [4.78, 5) is 43.4. The fourth-order valence-electron chi connectivity index (χ4n) is 4.22. The number of rotatable bonds is 19. The van der Waals surface area contributed by atoms with E-state index in [-0.39, 0.29) is 131 Å². The number of aliphatic hydroxyl groups excluding tert-OH is 11. The predicted molar refractivity (Wildman–Crippen MR) is 150 cm³/mol. The van der Waals surface area contributed by atoms with E-state index < -0.39 is 150 Å². The number of carboxylic acid groups (broad SMARTS) is 4. The van der Waals surface area contributed by atoms with Crippen LogP contribution in [0.5, 0.6) is 0 Å². The molecule has 2 aliphatic heterocycles. The van der Waals surface area contributed by atoms with Crippen molar-refractivity contribution in [2.75, 3.05) is 78.9 Å². The molecule has 2 heterocycles. The first-order valence-electron chi connectivity index (χ1n) is 14.8. The first-order chi connectivity index (χ1) is 23.7. The van der Waals surface area contributed by atoms with Crippen LogP contribution in [-0.2, 0) is 33.4 Å². The summed E-state index contributed by atoms with van der Waals surface area (Å²) in [5.74, 6) is -8.34. The normalized spacial score (nSPS) is 27.0. The van der Waals surface area contributed by atoms with Crippen molar-refractivity contribution in [2.45, 2.75) is 60.3 Å². The van der Waals surface area contributed by atoms with Gasteiger partial charge in [0.15, 0.2) is 6.29 Å². The quantitative estimate of drug-likeness (QED) is 0.0537. The van der Waals surface area contributed by atoms with E-state index in [0.717, 1.165) is 9.80 Å². The van der Waals surface area contributed by atoms with Gasteiger partial charge in [-0.25, -0.2) is 0 Å². The zero-order chi connectivity index (χ0) is 39.7. The summed E-state index contributed by atoms with van der Waals surface area (Å²) >= 11 is 0. The molecule has 0 aromatic carbocycles. The van der Waals surface area contributed by atoms with Crippen LogP contribution in [0.15, 0.2) is 0 Å². The van der Waals surface area contributed by atoms with E-state index >= 15 is 0 Å². The largest absolute Gasteiger partial charge is 1.00 e. The van der Waals surface area contributed by atoms with Gasteiger partial charge in [0.25, 0.3) is 0 Å². The Morgan fingerprint density at radius 2 is 0.982 bits per heavy atom. The molecule has 0 spiro atoms. The van der Waals surface area contributed by atoms with Crippen LogP contribution in [0.1, 0.15) is 0 Å².